The number of nitrogens with zero attached hydrogens (tertiary/aromatic N) is 1. The monoisotopic (exact) mass is 305 g/mol. The molecule has 0 fully saturated rings. The molecule has 9 nitrogen and oxygen atoms in total. The first-order valence-corrected chi connectivity index (χ1v) is 7.35. The lowest BCUT2D eigenvalue weighted by Gasteiger charge is -2.19. The number of ether oxygens (including phenoxy) is 1. The number of amides is 1. The van der Waals surface area contributed by atoms with Crippen molar-refractivity contribution in [3.05, 3.63) is 6.20 Å². The van der Waals surface area contributed by atoms with Gasteiger partial charge >= 0.3 is 6.09 Å². The van der Waals surface area contributed by atoms with Crippen LogP contribution < -0.4 is 15.8 Å². The second kappa shape index (κ2) is 6.09. The summed E-state index contributed by atoms with van der Waals surface area (Å²) in [7, 11) is -3.74. The number of carbonyl (C=O) groups excluding carboxylic acids is 1. The average molecular weight is 305 g/mol. The van der Waals surface area contributed by atoms with Crippen LogP contribution in [0.15, 0.2) is 11.1 Å². The number of rotatable bonds is 5. The van der Waals surface area contributed by atoms with Crippen LogP contribution in [0.1, 0.15) is 20.8 Å². The molecule has 20 heavy (non-hydrogen) atoms. The molecule has 0 saturated carbocycles. The first-order valence-electron chi connectivity index (χ1n) is 5.87. The quantitative estimate of drug-likeness (QED) is 0.555. The Morgan fingerprint density at radius 2 is 2.10 bits per heavy atom. The Morgan fingerprint density at radius 1 is 1.45 bits per heavy atom. The number of aromatic amines is 1. The lowest BCUT2D eigenvalue weighted by atomic mass is 10.2. The van der Waals surface area contributed by atoms with Crippen LogP contribution in [0.4, 0.5) is 10.6 Å². The number of anilines is 1. The SMILES string of the molecule is CC(C)(C)OC(=O)NCCNS(=O)(=O)c1cn[nH]c1N. The molecule has 1 heterocycles. The van der Waals surface area contributed by atoms with Crippen molar-refractivity contribution in [1.29, 1.82) is 0 Å². The average Bonchev–Trinajstić information content (AvgIpc) is 2.69. The van der Waals surface area contributed by atoms with Crippen molar-refractivity contribution in [3.8, 4) is 0 Å². The van der Waals surface area contributed by atoms with E-state index < -0.39 is 21.7 Å². The fourth-order valence-corrected chi connectivity index (χ4v) is 2.29. The number of H-pyrrole nitrogens is 1. The van der Waals surface area contributed by atoms with Gasteiger partial charge in [-0.05, 0) is 20.8 Å². The Morgan fingerprint density at radius 3 is 2.60 bits per heavy atom. The minimum absolute atomic E-state index is 0.00615. The van der Waals surface area contributed by atoms with Gasteiger partial charge in [0.05, 0.1) is 6.20 Å². The van der Waals surface area contributed by atoms with E-state index in [1.165, 1.54) is 0 Å². The molecule has 0 aliphatic carbocycles. The molecule has 1 rings (SSSR count). The number of sulfonamides is 1. The molecule has 114 valence electrons. The molecule has 0 unspecified atom stereocenters. The van der Waals surface area contributed by atoms with E-state index >= 15 is 0 Å². The maximum Gasteiger partial charge on any atom is 0.407 e. The zero-order valence-corrected chi connectivity index (χ0v) is 12.4. The van der Waals surface area contributed by atoms with E-state index in [-0.39, 0.29) is 23.8 Å². The third kappa shape index (κ3) is 5.05. The van der Waals surface area contributed by atoms with Crippen molar-refractivity contribution < 1.29 is 17.9 Å². The van der Waals surface area contributed by atoms with Gasteiger partial charge in [0.1, 0.15) is 16.3 Å². The van der Waals surface area contributed by atoms with Crippen LogP contribution in [0.5, 0.6) is 0 Å². The molecule has 0 radical (unpaired) electrons. The summed E-state index contributed by atoms with van der Waals surface area (Å²) in [4.78, 5) is 11.2. The summed E-state index contributed by atoms with van der Waals surface area (Å²) in [5, 5.41) is 8.28. The minimum Gasteiger partial charge on any atom is -0.444 e. The number of aromatic nitrogens is 2. The van der Waals surface area contributed by atoms with Gasteiger partial charge < -0.3 is 15.8 Å². The van der Waals surface area contributed by atoms with Gasteiger partial charge in [0, 0.05) is 13.1 Å². The van der Waals surface area contributed by atoms with Crippen LogP contribution in [-0.4, -0.2) is 43.4 Å². The Labute approximate surface area is 117 Å². The maximum atomic E-state index is 11.8. The van der Waals surface area contributed by atoms with E-state index in [4.69, 9.17) is 10.5 Å². The molecule has 0 bridgehead atoms. The van der Waals surface area contributed by atoms with Gasteiger partial charge in [-0.15, -0.1) is 0 Å². The summed E-state index contributed by atoms with van der Waals surface area (Å²) in [6.07, 6.45) is 0.499. The summed E-state index contributed by atoms with van der Waals surface area (Å²) in [6.45, 7) is 5.29. The van der Waals surface area contributed by atoms with Crippen LogP contribution in [0.25, 0.3) is 0 Å². The van der Waals surface area contributed by atoms with E-state index in [0.29, 0.717) is 0 Å². The highest BCUT2D eigenvalue weighted by Crippen LogP contribution is 2.12. The van der Waals surface area contributed by atoms with E-state index in [0.717, 1.165) is 6.20 Å². The van der Waals surface area contributed by atoms with Crippen molar-refractivity contribution >= 4 is 21.9 Å². The predicted octanol–water partition coefficient (Wildman–Crippen LogP) is -0.205. The molecule has 1 aromatic heterocycles. The van der Waals surface area contributed by atoms with Gasteiger partial charge in [0.15, 0.2) is 0 Å². The smallest absolute Gasteiger partial charge is 0.407 e. The van der Waals surface area contributed by atoms with Crippen molar-refractivity contribution in [1.82, 2.24) is 20.2 Å². The Kier molecular flexibility index (Phi) is 4.95. The van der Waals surface area contributed by atoms with Crippen LogP contribution in [0.2, 0.25) is 0 Å². The fourth-order valence-electron chi connectivity index (χ4n) is 1.24. The molecule has 0 atom stereocenters. The van der Waals surface area contributed by atoms with E-state index in [1.54, 1.807) is 20.8 Å². The minimum atomic E-state index is -3.74. The molecule has 1 aromatic rings. The van der Waals surface area contributed by atoms with Crippen molar-refractivity contribution in [2.75, 3.05) is 18.8 Å². The van der Waals surface area contributed by atoms with Crippen LogP contribution >= 0.6 is 0 Å². The lowest BCUT2D eigenvalue weighted by Crippen LogP contribution is -2.37. The second-order valence-electron chi connectivity index (χ2n) is 4.97. The van der Waals surface area contributed by atoms with Crippen molar-refractivity contribution in [2.24, 2.45) is 0 Å². The van der Waals surface area contributed by atoms with Gasteiger partial charge in [-0.3, -0.25) is 5.10 Å². The van der Waals surface area contributed by atoms with E-state index in [2.05, 4.69) is 20.2 Å². The first-order chi connectivity index (χ1) is 9.12. The van der Waals surface area contributed by atoms with E-state index in [9.17, 15) is 13.2 Å². The number of hydrogen-bond donors (Lipinski definition) is 4. The van der Waals surface area contributed by atoms with Crippen LogP contribution in [0, 0.1) is 0 Å². The maximum absolute atomic E-state index is 11.8. The highest BCUT2D eigenvalue weighted by atomic mass is 32.2. The second-order valence-corrected chi connectivity index (χ2v) is 6.71. The molecular formula is C10H19N5O4S. The number of nitrogens with two attached hydrogens (primary N) is 1. The van der Waals surface area contributed by atoms with E-state index in [1.807, 2.05) is 0 Å². The normalized spacial score (nSPS) is 12.2. The topological polar surface area (TPSA) is 139 Å². The van der Waals surface area contributed by atoms with Gasteiger partial charge in [-0.25, -0.2) is 17.9 Å². The summed E-state index contributed by atoms with van der Waals surface area (Å²) >= 11 is 0. The summed E-state index contributed by atoms with van der Waals surface area (Å²) in [5.74, 6) is -0.0439. The summed E-state index contributed by atoms with van der Waals surface area (Å²) in [6, 6.07) is 0. The van der Waals surface area contributed by atoms with Gasteiger partial charge in [-0.1, -0.05) is 0 Å². The standard InChI is InChI=1S/C10H19N5O4S/c1-10(2,3)19-9(16)12-4-5-14-20(17,18)7-6-13-15-8(7)11/h6,14H,4-5H2,1-3H3,(H,12,16)(H3,11,13,15). The molecule has 1 amide bonds. The zero-order chi connectivity index (χ0) is 15.4. The highest BCUT2D eigenvalue weighted by Gasteiger charge is 2.19. The Balaban J connectivity index is 2.38. The molecular weight excluding hydrogens is 286 g/mol. The number of nitrogens with one attached hydrogen (secondary N) is 3. The third-order valence-corrected chi connectivity index (χ3v) is 3.50. The fraction of sp³-hybridized carbons (Fsp3) is 0.600. The lowest BCUT2D eigenvalue weighted by molar-refractivity contribution is 0.0529. The molecule has 0 spiro atoms. The molecule has 10 heteroatoms. The largest absolute Gasteiger partial charge is 0.444 e. The zero-order valence-electron chi connectivity index (χ0n) is 11.6. The van der Waals surface area contributed by atoms with Gasteiger partial charge in [0.25, 0.3) is 0 Å². The van der Waals surface area contributed by atoms with Crippen molar-refractivity contribution in [2.45, 2.75) is 31.3 Å². The number of carbonyl (C=O) groups is 1. The van der Waals surface area contributed by atoms with Crippen molar-refractivity contribution in [3.63, 3.8) is 0 Å². The molecule has 0 aliphatic heterocycles. The van der Waals surface area contributed by atoms with Crippen LogP contribution in [0.3, 0.4) is 0 Å². The third-order valence-electron chi connectivity index (χ3n) is 2.01. The molecule has 5 N–H and O–H groups in total. The Hall–Kier alpha value is -1.81. The number of alkyl carbamates (subject to hydrolysis) is 1. The first kappa shape index (κ1) is 16.2. The highest BCUT2D eigenvalue weighted by molar-refractivity contribution is 7.89. The molecule has 0 aliphatic rings. The predicted molar refractivity (Wildman–Crippen MR) is 72.4 cm³/mol. The number of nitrogen functional groups attached to an aromatic ring is 1. The molecule has 0 aromatic carbocycles. The summed E-state index contributed by atoms with van der Waals surface area (Å²) < 4.78 is 30.9. The summed E-state index contributed by atoms with van der Waals surface area (Å²) in [5.41, 5.74) is 4.82. The van der Waals surface area contributed by atoms with Gasteiger partial charge in [0.2, 0.25) is 10.0 Å². The van der Waals surface area contributed by atoms with Crippen LogP contribution in [-0.2, 0) is 14.8 Å². The molecule has 0 saturated heterocycles. The number of hydrogen-bond acceptors (Lipinski definition) is 6. The van der Waals surface area contributed by atoms with Gasteiger partial charge in [-0.2, -0.15) is 5.10 Å². The Bertz CT molecular complexity index is 560.